The Hall–Kier alpha value is -3.62. The lowest BCUT2D eigenvalue weighted by Crippen LogP contribution is -2.37. The van der Waals surface area contributed by atoms with Gasteiger partial charge in [0.05, 0.1) is 12.2 Å². The van der Waals surface area contributed by atoms with Crippen molar-refractivity contribution in [2.45, 2.75) is 0 Å². The number of anilines is 1. The van der Waals surface area contributed by atoms with Crippen LogP contribution >= 0.6 is 0 Å². The van der Waals surface area contributed by atoms with E-state index < -0.39 is 35.1 Å². The lowest BCUT2D eigenvalue weighted by atomic mass is 10.2. The van der Waals surface area contributed by atoms with Crippen molar-refractivity contribution >= 4 is 29.4 Å². The van der Waals surface area contributed by atoms with E-state index in [4.69, 9.17) is 21.7 Å². The predicted octanol–water partition coefficient (Wildman–Crippen LogP) is -0.599. The van der Waals surface area contributed by atoms with Crippen molar-refractivity contribution in [3.63, 3.8) is 0 Å². The van der Waals surface area contributed by atoms with Crippen LogP contribution in [0.1, 0.15) is 0 Å². The number of rotatable bonds is 7. The molecule has 0 fully saturated rings. The van der Waals surface area contributed by atoms with E-state index in [-0.39, 0.29) is 5.69 Å². The van der Waals surface area contributed by atoms with Gasteiger partial charge in [0.2, 0.25) is 0 Å². The maximum absolute atomic E-state index is 11.6. The lowest BCUT2D eigenvalue weighted by molar-refractivity contribution is -0.132. The smallest absolute Gasteiger partial charge is 0.330 e. The van der Waals surface area contributed by atoms with E-state index in [0.717, 1.165) is 4.90 Å². The van der Waals surface area contributed by atoms with Gasteiger partial charge >= 0.3 is 11.9 Å². The molecule has 0 aliphatic rings. The van der Waals surface area contributed by atoms with Crippen LogP contribution in [0.2, 0.25) is 0 Å². The molecule has 0 aromatic heterocycles. The fourth-order valence-corrected chi connectivity index (χ4v) is 1.71. The molecule has 1 aromatic rings. The number of hydrogen-bond acceptors (Lipinski definition) is 5. The standard InChI is InChI=1S/C14H13N3O6/c15-13(22)9(6-11(18)19)17(8-4-2-1-3-5-8)10(14(16)23)7-12(20)21/h1-7H,(H2,15,22)(H2,16,23)(H,18,19)(H,20,21). The summed E-state index contributed by atoms with van der Waals surface area (Å²) in [6, 6.07) is 7.51. The summed E-state index contributed by atoms with van der Waals surface area (Å²) in [5.41, 5.74) is 9.18. The van der Waals surface area contributed by atoms with Crippen LogP contribution in [-0.2, 0) is 19.2 Å². The van der Waals surface area contributed by atoms with E-state index in [0.29, 0.717) is 12.2 Å². The molecular formula is C14H13N3O6. The van der Waals surface area contributed by atoms with Crippen LogP contribution in [0.3, 0.4) is 0 Å². The maximum atomic E-state index is 11.6. The van der Waals surface area contributed by atoms with Gasteiger partial charge in [-0.25, -0.2) is 9.59 Å². The van der Waals surface area contributed by atoms with Gasteiger partial charge in [-0.3, -0.25) is 9.59 Å². The van der Waals surface area contributed by atoms with Gasteiger partial charge in [0.1, 0.15) is 11.4 Å². The maximum Gasteiger partial charge on any atom is 0.330 e. The largest absolute Gasteiger partial charge is 0.478 e. The number of primary amides is 2. The number of carbonyl (C=O) groups excluding carboxylic acids is 2. The number of amides is 2. The molecule has 6 N–H and O–H groups in total. The van der Waals surface area contributed by atoms with Crippen LogP contribution in [0.15, 0.2) is 53.9 Å². The minimum absolute atomic E-state index is 0.130. The number of nitrogens with two attached hydrogens (primary N) is 2. The van der Waals surface area contributed by atoms with Crippen molar-refractivity contribution in [3.8, 4) is 0 Å². The molecule has 1 aromatic carbocycles. The molecule has 0 saturated carbocycles. The van der Waals surface area contributed by atoms with Gasteiger partial charge in [0.15, 0.2) is 0 Å². The molecule has 1 rings (SSSR count). The average molecular weight is 319 g/mol. The summed E-state index contributed by atoms with van der Waals surface area (Å²) in [4.78, 5) is 45.7. The third-order valence-electron chi connectivity index (χ3n) is 2.52. The van der Waals surface area contributed by atoms with Crippen LogP contribution in [0.4, 0.5) is 5.69 Å². The normalized spacial score (nSPS) is 11.7. The van der Waals surface area contributed by atoms with Crippen LogP contribution in [0.25, 0.3) is 0 Å². The molecule has 120 valence electrons. The summed E-state index contributed by atoms with van der Waals surface area (Å²) in [7, 11) is 0. The fourth-order valence-electron chi connectivity index (χ4n) is 1.71. The molecule has 0 heterocycles. The van der Waals surface area contributed by atoms with Crippen LogP contribution in [0.5, 0.6) is 0 Å². The first-order chi connectivity index (χ1) is 10.7. The zero-order chi connectivity index (χ0) is 17.6. The second kappa shape index (κ2) is 7.41. The van der Waals surface area contributed by atoms with Gasteiger partial charge in [-0.1, -0.05) is 18.2 Å². The van der Waals surface area contributed by atoms with Gasteiger partial charge in [-0.15, -0.1) is 0 Å². The topological polar surface area (TPSA) is 164 Å². The van der Waals surface area contributed by atoms with Gasteiger partial charge in [-0.2, -0.15) is 0 Å². The number of carboxylic acid groups (broad SMARTS) is 2. The van der Waals surface area contributed by atoms with Crippen molar-refractivity contribution in [3.05, 3.63) is 53.9 Å². The van der Waals surface area contributed by atoms with Crippen molar-refractivity contribution in [1.29, 1.82) is 0 Å². The van der Waals surface area contributed by atoms with Gasteiger partial charge in [-0.05, 0) is 12.1 Å². The van der Waals surface area contributed by atoms with E-state index in [1.54, 1.807) is 6.07 Å². The molecule has 9 heteroatoms. The Balaban J connectivity index is 3.67. The zero-order valence-corrected chi connectivity index (χ0v) is 11.7. The third kappa shape index (κ3) is 4.70. The first kappa shape index (κ1) is 17.4. The molecule has 0 saturated heterocycles. The molecule has 0 aliphatic carbocycles. The van der Waals surface area contributed by atoms with Crippen molar-refractivity contribution < 1.29 is 29.4 Å². The Morgan fingerprint density at radius 3 is 1.52 bits per heavy atom. The number of hydrogen-bond donors (Lipinski definition) is 4. The third-order valence-corrected chi connectivity index (χ3v) is 2.52. The van der Waals surface area contributed by atoms with Gasteiger partial charge in [0, 0.05) is 5.69 Å². The second-order valence-corrected chi connectivity index (χ2v) is 4.14. The van der Waals surface area contributed by atoms with E-state index in [2.05, 4.69) is 0 Å². The van der Waals surface area contributed by atoms with Crippen molar-refractivity contribution in [1.82, 2.24) is 0 Å². The van der Waals surface area contributed by atoms with Gasteiger partial charge < -0.3 is 26.6 Å². The quantitative estimate of drug-likeness (QED) is 0.487. The Bertz CT molecular complexity index is 666. The average Bonchev–Trinajstić information content (AvgIpc) is 2.45. The highest BCUT2D eigenvalue weighted by molar-refractivity contribution is 6.08. The molecule has 0 unspecified atom stereocenters. The summed E-state index contributed by atoms with van der Waals surface area (Å²) < 4.78 is 0. The van der Waals surface area contributed by atoms with Gasteiger partial charge in [0.25, 0.3) is 11.8 Å². The number of carbonyl (C=O) groups is 4. The summed E-state index contributed by atoms with van der Waals surface area (Å²) in [6.07, 6.45) is 0.905. The first-order valence-corrected chi connectivity index (χ1v) is 6.08. The van der Waals surface area contributed by atoms with Crippen molar-refractivity contribution in [2.24, 2.45) is 11.5 Å². The SMILES string of the molecule is NC(=O)C(=CC(=O)O)N(C(=CC(=O)O)C(N)=O)c1ccccc1. The summed E-state index contributed by atoms with van der Waals surface area (Å²) >= 11 is 0. The van der Waals surface area contributed by atoms with Crippen LogP contribution in [-0.4, -0.2) is 34.0 Å². The first-order valence-electron chi connectivity index (χ1n) is 6.08. The summed E-state index contributed by atoms with van der Waals surface area (Å²) in [6.45, 7) is 0. The van der Waals surface area contributed by atoms with Crippen LogP contribution < -0.4 is 16.4 Å². The van der Waals surface area contributed by atoms with E-state index >= 15 is 0 Å². The number of nitrogens with zero attached hydrogens (tertiary/aromatic N) is 1. The Morgan fingerprint density at radius 2 is 1.22 bits per heavy atom. The monoisotopic (exact) mass is 319 g/mol. The Kier molecular flexibility index (Phi) is 5.61. The molecule has 0 aliphatic heterocycles. The van der Waals surface area contributed by atoms with E-state index in [1.807, 2.05) is 0 Å². The van der Waals surface area contributed by atoms with Crippen LogP contribution in [0, 0.1) is 0 Å². The molecule has 9 nitrogen and oxygen atoms in total. The minimum Gasteiger partial charge on any atom is -0.478 e. The molecule has 0 radical (unpaired) electrons. The highest BCUT2D eigenvalue weighted by Crippen LogP contribution is 2.24. The molecule has 23 heavy (non-hydrogen) atoms. The van der Waals surface area contributed by atoms with E-state index in [1.165, 1.54) is 24.3 Å². The Morgan fingerprint density at radius 1 is 0.826 bits per heavy atom. The fraction of sp³-hybridized carbons (Fsp3) is 0. The second-order valence-electron chi connectivity index (χ2n) is 4.14. The summed E-state index contributed by atoms with van der Waals surface area (Å²) in [5, 5.41) is 17.7. The molecule has 0 atom stereocenters. The van der Waals surface area contributed by atoms with Crippen molar-refractivity contribution in [2.75, 3.05) is 4.90 Å². The number of carboxylic acids is 2. The Labute approximate surface area is 130 Å². The number of benzene rings is 1. The molecule has 2 amide bonds. The zero-order valence-electron chi connectivity index (χ0n) is 11.7. The lowest BCUT2D eigenvalue weighted by Gasteiger charge is -2.26. The summed E-state index contributed by atoms with van der Waals surface area (Å²) in [5.74, 6) is -5.40. The molecule has 0 spiro atoms. The molecular weight excluding hydrogens is 306 g/mol. The predicted molar refractivity (Wildman–Crippen MR) is 78.7 cm³/mol. The highest BCUT2D eigenvalue weighted by Gasteiger charge is 2.26. The van der Waals surface area contributed by atoms with E-state index in [9.17, 15) is 19.2 Å². The molecule has 0 bridgehead atoms. The number of para-hydroxylation sites is 1. The number of aliphatic carboxylic acids is 2. The minimum atomic E-state index is -1.51. The highest BCUT2D eigenvalue weighted by atomic mass is 16.4.